The lowest BCUT2D eigenvalue weighted by Gasteiger charge is -2.11. The highest BCUT2D eigenvalue weighted by Crippen LogP contribution is 2.16. The van der Waals surface area contributed by atoms with Crippen LogP contribution in [0.4, 0.5) is 0 Å². The van der Waals surface area contributed by atoms with Crippen molar-refractivity contribution >= 4 is 5.97 Å². The zero-order valence-corrected chi connectivity index (χ0v) is 15.6. The van der Waals surface area contributed by atoms with Crippen molar-refractivity contribution in [2.24, 2.45) is 5.92 Å². The van der Waals surface area contributed by atoms with Gasteiger partial charge in [0.1, 0.15) is 6.61 Å². The Kier molecular flexibility index (Phi) is 12.1. The van der Waals surface area contributed by atoms with Crippen molar-refractivity contribution in [1.82, 2.24) is 4.98 Å². The Hall–Kier alpha value is -1.38. The van der Waals surface area contributed by atoms with Gasteiger partial charge in [-0.2, -0.15) is 0 Å². The van der Waals surface area contributed by atoms with Crippen LogP contribution in [0.3, 0.4) is 0 Å². The predicted octanol–water partition coefficient (Wildman–Crippen LogP) is 6.07. The molecule has 0 N–H and O–H groups in total. The highest BCUT2D eigenvalue weighted by molar-refractivity contribution is 5.69. The number of nitrogens with zero attached hydrogens (tertiary/aromatic N) is 1. The second-order valence-electron chi connectivity index (χ2n) is 6.95. The summed E-state index contributed by atoms with van der Waals surface area (Å²) >= 11 is 0. The zero-order chi connectivity index (χ0) is 17.5. The van der Waals surface area contributed by atoms with Gasteiger partial charge in [0.15, 0.2) is 0 Å². The Morgan fingerprint density at radius 1 is 1.08 bits per heavy atom. The monoisotopic (exact) mass is 333 g/mol. The molecule has 1 unspecified atom stereocenters. The molecule has 0 fully saturated rings. The molecule has 0 aromatic carbocycles. The Balaban J connectivity index is 1.95. The van der Waals surface area contributed by atoms with E-state index >= 15 is 0 Å². The minimum absolute atomic E-state index is 0.0951. The molecule has 1 atom stereocenters. The number of aromatic nitrogens is 1. The lowest BCUT2D eigenvalue weighted by atomic mass is 9.99. The zero-order valence-electron chi connectivity index (χ0n) is 15.6. The van der Waals surface area contributed by atoms with E-state index in [2.05, 4.69) is 18.8 Å². The molecule has 3 heteroatoms. The number of hydrogen-bond donors (Lipinski definition) is 0. The molecule has 1 aromatic rings. The van der Waals surface area contributed by atoms with Crippen LogP contribution in [-0.2, 0) is 16.1 Å². The van der Waals surface area contributed by atoms with Crippen molar-refractivity contribution in [3.8, 4) is 0 Å². The van der Waals surface area contributed by atoms with Crippen molar-refractivity contribution in [2.45, 2.75) is 91.1 Å². The van der Waals surface area contributed by atoms with E-state index < -0.39 is 0 Å². The molecule has 0 bridgehead atoms. The largest absolute Gasteiger partial charge is 0.461 e. The molecule has 0 spiro atoms. The number of unbranched alkanes of at least 4 members (excludes halogenated alkanes) is 8. The van der Waals surface area contributed by atoms with Gasteiger partial charge in [0, 0.05) is 24.4 Å². The highest BCUT2D eigenvalue weighted by Gasteiger charge is 2.10. The van der Waals surface area contributed by atoms with Crippen LogP contribution in [0.15, 0.2) is 24.5 Å². The van der Waals surface area contributed by atoms with Gasteiger partial charge in [-0.1, -0.05) is 84.1 Å². The van der Waals surface area contributed by atoms with E-state index in [4.69, 9.17) is 4.74 Å². The normalized spacial score (nSPS) is 12.1. The summed E-state index contributed by atoms with van der Waals surface area (Å²) in [5.41, 5.74) is 0.942. The average Bonchev–Trinajstić information content (AvgIpc) is 2.59. The van der Waals surface area contributed by atoms with Gasteiger partial charge in [-0.15, -0.1) is 0 Å². The maximum atomic E-state index is 11.8. The minimum atomic E-state index is -0.0951. The number of carbonyl (C=O) groups is 1. The first-order valence-corrected chi connectivity index (χ1v) is 9.77. The first kappa shape index (κ1) is 20.7. The summed E-state index contributed by atoms with van der Waals surface area (Å²) in [5.74, 6) is 0.318. The highest BCUT2D eigenvalue weighted by atomic mass is 16.5. The van der Waals surface area contributed by atoms with Gasteiger partial charge in [-0.3, -0.25) is 9.78 Å². The van der Waals surface area contributed by atoms with Crippen LogP contribution >= 0.6 is 0 Å². The summed E-state index contributed by atoms with van der Waals surface area (Å²) in [6.45, 7) is 4.74. The molecule has 0 aliphatic carbocycles. The van der Waals surface area contributed by atoms with E-state index in [1.165, 1.54) is 57.8 Å². The van der Waals surface area contributed by atoms with Crippen molar-refractivity contribution in [1.29, 1.82) is 0 Å². The van der Waals surface area contributed by atoms with Gasteiger partial charge in [0.2, 0.25) is 0 Å². The van der Waals surface area contributed by atoms with Gasteiger partial charge in [-0.05, 0) is 12.0 Å². The summed E-state index contributed by atoms with van der Waals surface area (Å²) in [6.07, 6.45) is 17.2. The molecule has 0 amide bonds. The van der Waals surface area contributed by atoms with Crippen molar-refractivity contribution in [3.05, 3.63) is 30.1 Å². The van der Waals surface area contributed by atoms with Gasteiger partial charge in [0.05, 0.1) is 0 Å². The number of pyridine rings is 1. The van der Waals surface area contributed by atoms with Crippen molar-refractivity contribution in [2.75, 3.05) is 0 Å². The topological polar surface area (TPSA) is 39.2 Å². The smallest absolute Gasteiger partial charge is 0.306 e. The van der Waals surface area contributed by atoms with Crippen LogP contribution in [0.25, 0.3) is 0 Å². The van der Waals surface area contributed by atoms with E-state index in [1.807, 2.05) is 12.1 Å². The maximum absolute atomic E-state index is 11.8. The molecule has 3 nitrogen and oxygen atoms in total. The Bertz CT molecular complexity index is 419. The SMILES string of the molecule is CCCCCCCCCCCC(C)CC(=O)OCc1cccnc1. The average molecular weight is 334 g/mol. The summed E-state index contributed by atoms with van der Waals surface area (Å²) in [4.78, 5) is 15.9. The van der Waals surface area contributed by atoms with Crippen LogP contribution in [0, 0.1) is 5.92 Å². The van der Waals surface area contributed by atoms with E-state index in [-0.39, 0.29) is 5.97 Å². The maximum Gasteiger partial charge on any atom is 0.306 e. The molecule has 0 saturated carbocycles. The summed E-state index contributed by atoms with van der Waals surface area (Å²) in [7, 11) is 0. The van der Waals surface area contributed by atoms with Gasteiger partial charge >= 0.3 is 5.97 Å². The molecule has 0 saturated heterocycles. The Morgan fingerprint density at radius 3 is 2.38 bits per heavy atom. The number of esters is 1. The fourth-order valence-corrected chi connectivity index (χ4v) is 2.90. The van der Waals surface area contributed by atoms with Crippen LogP contribution in [0.5, 0.6) is 0 Å². The van der Waals surface area contributed by atoms with Crippen molar-refractivity contribution < 1.29 is 9.53 Å². The van der Waals surface area contributed by atoms with E-state index in [9.17, 15) is 4.79 Å². The molecule has 1 aromatic heterocycles. The standard InChI is InChI=1S/C21H35NO2/c1-3-4-5-6-7-8-9-10-11-13-19(2)16-21(23)24-18-20-14-12-15-22-17-20/h12,14-15,17,19H,3-11,13,16,18H2,1-2H3. The van der Waals surface area contributed by atoms with Crippen LogP contribution in [-0.4, -0.2) is 11.0 Å². The first-order chi connectivity index (χ1) is 11.7. The molecule has 24 heavy (non-hydrogen) atoms. The number of hydrogen-bond acceptors (Lipinski definition) is 3. The number of carbonyl (C=O) groups excluding carboxylic acids is 1. The third-order valence-electron chi connectivity index (χ3n) is 4.44. The lowest BCUT2D eigenvalue weighted by molar-refractivity contribution is -0.146. The summed E-state index contributed by atoms with van der Waals surface area (Å²) < 4.78 is 5.31. The third-order valence-corrected chi connectivity index (χ3v) is 4.44. The van der Waals surface area contributed by atoms with Crippen LogP contribution in [0.1, 0.15) is 90.0 Å². The van der Waals surface area contributed by atoms with Crippen LogP contribution in [0.2, 0.25) is 0 Å². The molecule has 1 rings (SSSR count). The van der Waals surface area contributed by atoms with Gasteiger partial charge in [0.25, 0.3) is 0 Å². The molecular formula is C21H35NO2. The second-order valence-corrected chi connectivity index (χ2v) is 6.95. The predicted molar refractivity (Wildman–Crippen MR) is 99.7 cm³/mol. The molecular weight excluding hydrogens is 298 g/mol. The molecule has 1 heterocycles. The Labute approximate surface area is 148 Å². The fraction of sp³-hybridized carbons (Fsp3) is 0.714. The first-order valence-electron chi connectivity index (χ1n) is 9.77. The van der Waals surface area contributed by atoms with Crippen molar-refractivity contribution in [3.63, 3.8) is 0 Å². The van der Waals surface area contributed by atoms with Gasteiger partial charge in [-0.25, -0.2) is 0 Å². The molecule has 0 aliphatic rings. The van der Waals surface area contributed by atoms with E-state index in [0.717, 1.165) is 12.0 Å². The molecule has 0 radical (unpaired) electrons. The number of rotatable bonds is 14. The second kappa shape index (κ2) is 14.0. The lowest BCUT2D eigenvalue weighted by Crippen LogP contribution is -2.09. The number of ether oxygens (including phenoxy) is 1. The van der Waals surface area contributed by atoms with E-state index in [0.29, 0.717) is 18.9 Å². The molecule has 136 valence electrons. The van der Waals surface area contributed by atoms with E-state index in [1.54, 1.807) is 12.4 Å². The summed E-state index contributed by atoms with van der Waals surface area (Å²) in [6, 6.07) is 3.78. The third kappa shape index (κ3) is 11.2. The Morgan fingerprint density at radius 2 is 1.75 bits per heavy atom. The van der Waals surface area contributed by atoms with Crippen LogP contribution < -0.4 is 0 Å². The van der Waals surface area contributed by atoms with Gasteiger partial charge < -0.3 is 4.74 Å². The molecule has 0 aliphatic heterocycles. The quantitative estimate of drug-likeness (QED) is 0.306. The fourth-order valence-electron chi connectivity index (χ4n) is 2.90. The summed E-state index contributed by atoms with van der Waals surface area (Å²) in [5, 5.41) is 0. The minimum Gasteiger partial charge on any atom is -0.461 e.